The van der Waals surface area contributed by atoms with Gasteiger partial charge in [-0.15, -0.1) is 0 Å². The Morgan fingerprint density at radius 2 is 1.69 bits per heavy atom. The topological polar surface area (TPSA) is 105 Å². The monoisotopic (exact) mass is 401 g/mol. The van der Waals surface area contributed by atoms with E-state index in [1.54, 1.807) is 0 Å². The maximum atomic E-state index is 12.3. The number of carbonyl (C=O) groups is 4. The summed E-state index contributed by atoms with van der Waals surface area (Å²) in [4.78, 5) is 50.2. The Hall–Kier alpha value is -2.90. The number of urea groups is 1. The van der Waals surface area contributed by atoms with Crippen molar-refractivity contribution in [2.45, 2.75) is 45.3 Å². The second kappa shape index (κ2) is 9.54. The largest absolute Gasteiger partial charge is 0.452 e. The Bertz CT molecular complexity index is 755. The predicted molar refractivity (Wildman–Crippen MR) is 104 cm³/mol. The van der Waals surface area contributed by atoms with Gasteiger partial charge < -0.3 is 15.0 Å². The van der Waals surface area contributed by atoms with Crippen molar-refractivity contribution < 1.29 is 23.9 Å². The fraction of sp³-hybridized carbons (Fsp3) is 0.524. The first kappa shape index (κ1) is 20.8. The SMILES string of the molecule is CC(OC(=O)C1CCN(C(=O)C2CC2)CC1)C(=O)NC(=O)NCc1ccccc1. The lowest BCUT2D eigenvalue weighted by molar-refractivity contribution is -0.160. The summed E-state index contributed by atoms with van der Waals surface area (Å²) < 4.78 is 5.24. The zero-order valence-corrected chi connectivity index (χ0v) is 16.6. The molecule has 3 rings (SSSR count). The number of nitrogens with one attached hydrogen (secondary N) is 2. The van der Waals surface area contributed by atoms with Crippen LogP contribution in [0.15, 0.2) is 30.3 Å². The molecule has 156 valence electrons. The van der Waals surface area contributed by atoms with Crippen molar-refractivity contribution in [1.82, 2.24) is 15.5 Å². The van der Waals surface area contributed by atoms with Crippen LogP contribution in [0.4, 0.5) is 4.79 Å². The van der Waals surface area contributed by atoms with Crippen LogP contribution in [0.2, 0.25) is 0 Å². The molecule has 1 saturated carbocycles. The average Bonchev–Trinajstić information content (AvgIpc) is 3.58. The molecule has 8 nitrogen and oxygen atoms in total. The van der Waals surface area contributed by atoms with Gasteiger partial charge in [-0.1, -0.05) is 30.3 Å². The molecule has 0 radical (unpaired) electrons. The number of amides is 4. The number of hydrogen-bond acceptors (Lipinski definition) is 5. The van der Waals surface area contributed by atoms with Crippen molar-refractivity contribution in [3.63, 3.8) is 0 Å². The molecule has 4 amide bonds. The normalized spacial score (nSPS) is 17.9. The van der Waals surface area contributed by atoms with Gasteiger partial charge in [-0.25, -0.2) is 4.79 Å². The van der Waals surface area contributed by atoms with Crippen LogP contribution in [0.25, 0.3) is 0 Å². The molecule has 1 aromatic carbocycles. The number of likely N-dealkylation sites (tertiary alicyclic amines) is 1. The van der Waals surface area contributed by atoms with Crippen molar-refractivity contribution in [3.05, 3.63) is 35.9 Å². The lowest BCUT2D eigenvalue weighted by Crippen LogP contribution is -2.46. The molecule has 2 N–H and O–H groups in total. The van der Waals surface area contributed by atoms with Crippen LogP contribution in [-0.2, 0) is 25.7 Å². The minimum atomic E-state index is -1.07. The van der Waals surface area contributed by atoms with Crippen LogP contribution in [0.3, 0.4) is 0 Å². The second-order valence-electron chi connectivity index (χ2n) is 7.61. The molecular weight excluding hydrogens is 374 g/mol. The number of benzene rings is 1. The molecule has 8 heteroatoms. The third-order valence-corrected chi connectivity index (χ3v) is 5.26. The number of nitrogens with zero attached hydrogens (tertiary/aromatic N) is 1. The fourth-order valence-corrected chi connectivity index (χ4v) is 3.28. The molecule has 1 aliphatic carbocycles. The van der Waals surface area contributed by atoms with E-state index in [1.165, 1.54) is 6.92 Å². The van der Waals surface area contributed by atoms with Crippen LogP contribution in [0, 0.1) is 11.8 Å². The molecule has 0 bridgehead atoms. The van der Waals surface area contributed by atoms with Gasteiger partial charge in [-0.3, -0.25) is 19.7 Å². The van der Waals surface area contributed by atoms with Gasteiger partial charge >= 0.3 is 12.0 Å². The quantitative estimate of drug-likeness (QED) is 0.705. The molecule has 0 aromatic heterocycles. The highest BCUT2D eigenvalue weighted by atomic mass is 16.5. The first-order valence-electron chi connectivity index (χ1n) is 10.1. The van der Waals surface area contributed by atoms with Gasteiger partial charge in [0, 0.05) is 25.6 Å². The standard InChI is InChI=1S/C21H27N3O5/c1-14(18(25)23-21(28)22-13-15-5-3-2-4-6-15)29-20(27)17-9-11-24(12-10-17)19(26)16-7-8-16/h2-6,14,16-17H,7-13H2,1H3,(H2,22,23,25,28). The molecule has 1 aliphatic heterocycles. The third-order valence-electron chi connectivity index (χ3n) is 5.26. The molecule has 2 aliphatic rings. The van der Waals surface area contributed by atoms with E-state index in [0.29, 0.717) is 25.9 Å². The third kappa shape index (κ3) is 6.04. The van der Waals surface area contributed by atoms with Gasteiger partial charge in [0.2, 0.25) is 5.91 Å². The summed E-state index contributed by atoms with van der Waals surface area (Å²) in [5, 5.41) is 4.76. The Labute approximate surface area is 170 Å². The van der Waals surface area contributed by atoms with E-state index >= 15 is 0 Å². The van der Waals surface area contributed by atoms with Crippen molar-refractivity contribution in [1.29, 1.82) is 0 Å². The number of ether oxygens (including phenoxy) is 1. The highest BCUT2D eigenvalue weighted by molar-refractivity contribution is 5.97. The second-order valence-corrected chi connectivity index (χ2v) is 7.61. The molecule has 29 heavy (non-hydrogen) atoms. The molecule has 2 fully saturated rings. The summed E-state index contributed by atoms with van der Waals surface area (Å²) >= 11 is 0. The van der Waals surface area contributed by atoms with E-state index in [1.807, 2.05) is 35.2 Å². The number of piperidine rings is 1. The lowest BCUT2D eigenvalue weighted by atomic mass is 9.96. The smallest absolute Gasteiger partial charge is 0.321 e. The zero-order valence-electron chi connectivity index (χ0n) is 16.6. The van der Waals surface area contributed by atoms with Crippen LogP contribution >= 0.6 is 0 Å². The first-order chi connectivity index (χ1) is 13.9. The molecule has 1 aromatic rings. The number of rotatable bonds is 6. The van der Waals surface area contributed by atoms with Crippen LogP contribution in [0.1, 0.15) is 38.2 Å². The first-order valence-corrected chi connectivity index (χ1v) is 10.1. The van der Waals surface area contributed by atoms with Crippen molar-refractivity contribution in [3.8, 4) is 0 Å². The van der Waals surface area contributed by atoms with Crippen LogP contribution in [0.5, 0.6) is 0 Å². The van der Waals surface area contributed by atoms with Crippen molar-refractivity contribution in [2.24, 2.45) is 11.8 Å². The Kier molecular flexibility index (Phi) is 6.85. The average molecular weight is 401 g/mol. The van der Waals surface area contributed by atoms with Gasteiger partial charge in [-0.05, 0) is 38.2 Å². The molecule has 1 atom stereocenters. The fourth-order valence-electron chi connectivity index (χ4n) is 3.28. The van der Waals surface area contributed by atoms with E-state index < -0.39 is 24.0 Å². The van der Waals surface area contributed by atoms with Crippen molar-refractivity contribution in [2.75, 3.05) is 13.1 Å². The van der Waals surface area contributed by atoms with Gasteiger partial charge in [0.1, 0.15) is 0 Å². The van der Waals surface area contributed by atoms with Crippen LogP contribution in [-0.4, -0.2) is 47.9 Å². The number of hydrogen-bond donors (Lipinski definition) is 2. The minimum Gasteiger partial charge on any atom is -0.452 e. The molecular formula is C21H27N3O5. The predicted octanol–water partition coefficient (Wildman–Crippen LogP) is 1.59. The Balaban J connectivity index is 1.36. The molecule has 1 unspecified atom stereocenters. The van der Waals surface area contributed by atoms with Crippen molar-refractivity contribution >= 4 is 23.8 Å². The van der Waals surface area contributed by atoms with Gasteiger partial charge in [-0.2, -0.15) is 0 Å². The number of esters is 1. The summed E-state index contributed by atoms with van der Waals surface area (Å²) in [7, 11) is 0. The maximum absolute atomic E-state index is 12.3. The van der Waals surface area contributed by atoms with E-state index in [2.05, 4.69) is 10.6 Å². The molecule has 1 heterocycles. The van der Waals surface area contributed by atoms with Crippen LogP contribution < -0.4 is 10.6 Å². The van der Waals surface area contributed by atoms with E-state index in [-0.39, 0.29) is 24.3 Å². The summed E-state index contributed by atoms with van der Waals surface area (Å²) in [5.41, 5.74) is 0.904. The minimum absolute atomic E-state index is 0.176. The van der Waals surface area contributed by atoms with Gasteiger partial charge in [0.15, 0.2) is 6.10 Å². The van der Waals surface area contributed by atoms with E-state index in [9.17, 15) is 19.2 Å². The Morgan fingerprint density at radius 3 is 2.31 bits per heavy atom. The highest BCUT2D eigenvalue weighted by Crippen LogP contribution is 2.32. The maximum Gasteiger partial charge on any atom is 0.321 e. The molecule has 0 spiro atoms. The summed E-state index contributed by atoms with van der Waals surface area (Å²) in [6, 6.07) is 8.65. The highest BCUT2D eigenvalue weighted by Gasteiger charge is 2.36. The summed E-state index contributed by atoms with van der Waals surface area (Å²) in [6.45, 7) is 2.80. The lowest BCUT2D eigenvalue weighted by Gasteiger charge is -2.31. The molecule has 1 saturated heterocycles. The van der Waals surface area contributed by atoms with Gasteiger partial charge in [0.25, 0.3) is 5.91 Å². The van der Waals surface area contributed by atoms with E-state index in [4.69, 9.17) is 4.74 Å². The zero-order chi connectivity index (χ0) is 20.8. The Morgan fingerprint density at radius 1 is 1.03 bits per heavy atom. The number of imide groups is 1. The summed E-state index contributed by atoms with van der Waals surface area (Å²) in [5.74, 6) is -1.11. The summed E-state index contributed by atoms with van der Waals surface area (Å²) in [6.07, 6.45) is 1.92. The van der Waals surface area contributed by atoms with Gasteiger partial charge in [0.05, 0.1) is 5.92 Å². The van der Waals surface area contributed by atoms with E-state index in [0.717, 1.165) is 18.4 Å². The number of carbonyl (C=O) groups excluding carboxylic acids is 4.